The maximum atomic E-state index is 12.1. The van der Waals surface area contributed by atoms with Crippen LogP contribution in [0.4, 0.5) is 5.69 Å². The average molecular weight is 331 g/mol. The number of amides is 1. The largest absolute Gasteiger partial charge is 0.326 e. The first-order valence-electron chi connectivity index (χ1n) is 8.13. The maximum Gasteiger partial charge on any atom is 0.244 e. The lowest BCUT2D eigenvalue weighted by Gasteiger charge is -2.05. The van der Waals surface area contributed by atoms with Crippen molar-refractivity contribution in [2.24, 2.45) is 0 Å². The van der Waals surface area contributed by atoms with Crippen molar-refractivity contribution in [3.8, 4) is 22.5 Å². The third-order valence-corrected chi connectivity index (χ3v) is 4.40. The van der Waals surface area contributed by atoms with Crippen molar-refractivity contribution in [3.63, 3.8) is 0 Å². The van der Waals surface area contributed by atoms with E-state index in [-0.39, 0.29) is 11.8 Å². The van der Waals surface area contributed by atoms with Crippen LogP contribution in [0, 0.1) is 0 Å². The highest BCUT2D eigenvalue weighted by atomic mass is 16.2. The van der Waals surface area contributed by atoms with Crippen molar-refractivity contribution in [3.05, 3.63) is 59.7 Å². The second-order valence-corrected chi connectivity index (χ2v) is 6.20. The first-order chi connectivity index (χ1) is 12.0. The molecule has 1 aliphatic rings. The summed E-state index contributed by atoms with van der Waals surface area (Å²) in [5.41, 5.74) is 6.73. The third kappa shape index (κ3) is 2.54. The van der Waals surface area contributed by atoms with E-state index >= 15 is 0 Å². The number of benzene rings is 2. The summed E-state index contributed by atoms with van der Waals surface area (Å²) in [5, 5.41) is 7.33. The lowest BCUT2D eigenvalue weighted by Crippen LogP contribution is -2.09. The predicted molar refractivity (Wildman–Crippen MR) is 96.5 cm³/mol. The molecule has 5 nitrogen and oxygen atoms in total. The van der Waals surface area contributed by atoms with Gasteiger partial charge in [-0.25, -0.2) is 0 Å². The summed E-state index contributed by atoms with van der Waals surface area (Å²) in [6.07, 6.45) is 0.765. The van der Waals surface area contributed by atoms with Crippen LogP contribution < -0.4 is 5.32 Å². The van der Waals surface area contributed by atoms with Gasteiger partial charge in [-0.15, -0.1) is 0 Å². The summed E-state index contributed by atoms with van der Waals surface area (Å²) < 4.78 is 1.50. The second kappa shape index (κ2) is 5.70. The van der Waals surface area contributed by atoms with Gasteiger partial charge in [0.2, 0.25) is 11.8 Å². The minimum atomic E-state index is -0.107. The van der Waals surface area contributed by atoms with Gasteiger partial charge in [-0.2, -0.15) is 9.78 Å². The molecule has 1 amide bonds. The molecule has 0 aliphatic heterocycles. The summed E-state index contributed by atoms with van der Waals surface area (Å²) in [4.78, 5) is 23.2. The van der Waals surface area contributed by atoms with Crippen LogP contribution in [0.15, 0.2) is 48.5 Å². The Balaban J connectivity index is 1.82. The molecule has 0 bridgehead atoms. The molecule has 0 saturated carbocycles. The van der Waals surface area contributed by atoms with Crippen molar-refractivity contribution >= 4 is 17.5 Å². The molecule has 1 heterocycles. The Bertz CT molecular complexity index is 1000. The first kappa shape index (κ1) is 15.3. The predicted octanol–water partition coefficient (Wildman–Crippen LogP) is 3.74. The zero-order chi connectivity index (χ0) is 17.6. The fourth-order valence-corrected chi connectivity index (χ4v) is 3.36. The normalized spacial score (nSPS) is 11.8. The summed E-state index contributed by atoms with van der Waals surface area (Å²) in [6, 6.07) is 15.6. The quantitative estimate of drug-likeness (QED) is 0.608. The molecule has 124 valence electrons. The minimum Gasteiger partial charge on any atom is -0.326 e. The molecule has 1 N–H and O–H groups in total. The molecule has 4 rings (SSSR count). The molecule has 2 aromatic carbocycles. The van der Waals surface area contributed by atoms with E-state index in [1.54, 1.807) is 0 Å². The Morgan fingerprint density at radius 1 is 1.04 bits per heavy atom. The topological polar surface area (TPSA) is 64.0 Å². The van der Waals surface area contributed by atoms with E-state index in [1.807, 2.05) is 42.5 Å². The summed E-state index contributed by atoms with van der Waals surface area (Å²) >= 11 is 0. The lowest BCUT2D eigenvalue weighted by atomic mass is 10.1. The molecule has 0 atom stereocenters. The highest BCUT2D eigenvalue weighted by Crippen LogP contribution is 2.41. The van der Waals surface area contributed by atoms with Gasteiger partial charge in [0.05, 0.1) is 11.4 Å². The Kier molecular flexibility index (Phi) is 3.50. The Morgan fingerprint density at radius 2 is 1.76 bits per heavy atom. The van der Waals surface area contributed by atoms with Crippen molar-refractivity contribution < 1.29 is 9.59 Å². The van der Waals surface area contributed by atoms with Crippen LogP contribution in [0.2, 0.25) is 0 Å². The third-order valence-electron chi connectivity index (χ3n) is 4.40. The van der Waals surface area contributed by atoms with Crippen LogP contribution in [0.25, 0.3) is 22.5 Å². The van der Waals surface area contributed by atoms with Crippen molar-refractivity contribution in [2.45, 2.75) is 20.3 Å². The van der Waals surface area contributed by atoms with Crippen molar-refractivity contribution in [2.75, 3.05) is 5.32 Å². The summed E-state index contributed by atoms with van der Waals surface area (Å²) in [5.74, 6) is -0.209. The molecule has 25 heavy (non-hydrogen) atoms. The molecule has 1 aliphatic carbocycles. The Hall–Kier alpha value is -3.21. The highest BCUT2D eigenvalue weighted by molar-refractivity contribution is 5.91. The van der Waals surface area contributed by atoms with Crippen molar-refractivity contribution in [1.29, 1.82) is 0 Å². The summed E-state index contributed by atoms with van der Waals surface area (Å²) in [7, 11) is 0. The Labute approximate surface area is 145 Å². The standard InChI is InChI=1S/C20H17N3O2/c1-12(24)21-16-9-7-14(8-10-16)19-18-11-15-5-3-4-6-17(15)20(18)23(22-19)13(2)25/h3-10H,11H2,1-2H3,(H,21,24). The molecule has 3 aromatic rings. The number of nitrogens with zero attached hydrogens (tertiary/aromatic N) is 2. The van der Waals surface area contributed by atoms with Crippen LogP contribution >= 0.6 is 0 Å². The van der Waals surface area contributed by atoms with E-state index in [1.165, 1.54) is 24.1 Å². The summed E-state index contributed by atoms with van der Waals surface area (Å²) in [6.45, 7) is 3.00. The fraction of sp³-hybridized carbons (Fsp3) is 0.150. The fourth-order valence-electron chi connectivity index (χ4n) is 3.36. The van der Waals surface area contributed by atoms with E-state index < -0.39 is 0 Å². The molecule has 1 aromatic heterocycles. The minimum absolute atomic E-state index is 0.103. The van der Waals surface area contributed by atoms with Crippen LogP contribution in [0.3, 0.4) is 0 Å². The van der Waals surface area contributed by atoms with E-state index in [2.05, 4.69) is 16.5 Å². The van der Waals surface area contributed by atoms with Crippen LogP contribution in [-0.4, -0.2) is 21.6 Å². The van der Waals surface area contributed by atoms with Gasteiger partial charge in [-0.1, -0.05) is 36.4 Å². The van der Waals surface area contributed by atoms with Gasteiger partial charge >= 0.3 is 0 Å². The van der Waals surface area contributed by atoms with Gasteiger partial charge < -0.3 is 5.32 Å². The van der Waals surface area contributed by atoms with Gasteiger partial charge in [0.1, 0.15) is 0 Å². The van der Waals surface area contributed by atoms with Crippen molar-refractivity contribution in [1.82, 2.24) is 9.78 Å². The molecular formula is C20H17N3O2. The number of nitrogens with one attached hydrogen (secondary N) is 1. The van der Waals surface area contributed by atoms with Gasteiger partial charge in [0, 0.05) is 42.6 Å². The maximum absolute atomic E-state index is 12.1. The molecule has 5 heteroatoms. The lowest BCUT2D eigenvalue weighted by molar-refractivity contribution is -0.114. The smallest absolute Gasteiger partial charge is 0.244 e. The van der Waals surface area contributed by atoms with Crippen LogP contribution in [0.5, 0.6) is 0 Å². The number of carbonyl (C=O) groups is 2. The molecular weight excluding hydrogens is 314 g/mol. The van der Waals surface area contributed by atoms with E-state index in [0.717, 1.165) is 40.2 Å². The molecule has 0 saturated heterocycles. The number of rotatable bonds is 2. The number of fused-ring (bicyclic) bond motifs is 3. The zero-order valence-electron chi connectivity index (χ0n) is 14.0. The highest BCUT2D eigenvalue weighted by Gasteiger charge is 2.29. The first-order valence-corrected chi connectivity index (χ1v) is 8.13. The van der Waals surface area contributed by atoms with Gasteiger partial charge in [0.25, 0.3) is 0 Å². The average Bonchev–Trinajstić information content (AvgIpc) is 3.12. The second-order valence-electron chi connectivity index (χ2n) is 6.20. The number of carbonyl (C=O) groups excluding carboxylic acids is 2. The Morgan fingerprint density at radius 3 is 2.44 bits per heavy atom. The number of hydrogen-bond acceptors (Lipinski definition) is 3. The SMILES string of the molecule is CC(=O)Nc1ccc(-c2nn(C(C)=O)c3c2Cc2ccccc2-3)cc1. The van der Waals surface area contributed by atoms with E-state index in [0.29, 0.717) is 0 Å². The zero-order valence-corrected chi connectivity index (χ0v) is 14.0. The molecule has 0 unspecified atom stereocenters. The van der Waals surface area contributed by atoms with Gasteiger partial charge in [-0.05, 0) is 17.7 Å². The van der Waals surface area contributed by atoms with Gasteiger partial charge in [0.15, 0.2) is 0 Å². The molecule has 0 fully saturated rings. The monoisotopic (exact) mass is 331 g/mol. The molecule has 0 radical (unpaired) electrons. The number of aromatic nitrogens is 2. The van der Waals surface area contributed by atoms with Crippen LogP contribution in [-0.2, 0) is 11.2 Å². The number of hydrogen-bond donors (Lipinski definition) is 1. The molecule has 0 spiro atoms. The van der Waals surface area contributed by atoms with E-state index in [9.17, 15) is 9.59 Å². The van der Waals surface area contributed by atoms with Crippen LogP contribution in [0.1, 0.15) is 29.8 Å². The van der Waals surface area contributed by atoms with E-state index in [4.69, 9.17) is 0 Å². The van der Waals surface area contributed by atoms with Gasteiger partial charge in [-0.3, -0.25) is 9.59 Å². The number of anilines is 1.